The minimum absolute atomic E-state index is 0.0668. The average molecular weight is 285 g/mol. The Bertz CT molecular complexity index is 554. The van der Waals surface area contributed by atoms with Crippen LogP contribution < -0.4 is 0 Å². The summed E-state index contributed by atoms with van der Waals surface area (Å²) < 4.78 is 26.3. The number of aromatic hydroxyl groups is 1. The van der Waals surface area contributed by atoms with Crippen molar-refractivity contribution in [1.82, 2.24) is 4.31 Å². The zero-order valence-electron chi connectivity index (χ0n) is 10.9. The summed E-state index contributed by atoms with van der Waals surface area (Å²) in [4.78, 5) is 0.0917. The van der Waals surface area contributed by atoms with Crippen LogP contribution in [0.4, 0.5) is 0 Å². The number of hydrogen-bond donors (Lipinski definition) is 2. The van der Waals surface area contributed by atoms with E-state index >= 15 is 0 Å². The van der Waals surface area contributed by atoms with Crippen molar-refractivity contribution in [2.45, 2.75) is 36.7 Å². The number of phenolic OH excluding ortho intramolecular Hbond substituents is 1. The van der Waals surface area contributed by atoms with E-state index in [1.807, 2.05) is 0 Å². The number of rotatable bonds is 2. The Labute approximate surface area is 113 Å². The van der Waals surface area contributed by atoms with Crippen LogP contribution in [0.1, 0.15) is 26.2 Å². The van der Waals surface area contributed by atoms with Crippen LogP contribution in [0.15, 0.2) is 29.2 Å². The molecule has 1 aromatic rings. The Morgan fingerprint density at radius 1 is 1.26 bits per heavy atom. The molecule has 1 aliphatic heterocycles. The van der Waals surface area contributed by atoms with Crippen molar-refractivity contribution in [2.24, 2.45) is 0 Å². The van der Waals surface area contributed by atoms with E-state index in [0.29, 0.717) is 32.4 Å². The SMILES string of the molecule is CC1(O)CCCN(S(=O)(=O)c2cccc(O)c2)CC1. The Morgan fingerprint density at radius 2 is 2.00 bits per heavy atom. The zero-order valence-corrected chi connectivity index (χ0v) is 11.7. The summed E-state index contributed by atoms with van der Waals surface area (Å²) in [5, 5.41) is 19.4. The minimum Gasteiger partial charge on any atom is -0.508 e. The van der Waals surface area contributed by atoms with Crippen LogP contribution in [-0.2, 0) is 10.0 Å². The number of aliphatic hydroxyl groups is 1. The first kappa shape index (κ1) is 14.3. The normalized spacial score (nSPS) is 26.0. The molecular weight excluding hydrogens is 266 g/mol. The minimum atomic E-state index is -3.60. The Balaban J connectivity index is 2.25. The average Bonchev–Trinajstić information content (AvgIpc) is 2.50. The van der Waals surface area contributed by atoms with Gasteiger partial charge < -0.3 is 10.2 Å². The molecule has 0 amide bonds. The van der Waals surface area contributed by atoms with Crippen molar-refractivity contribution in [3.05, 3.63) is 24.3 Å². The van der Waals surface area contributed by atoms with E-state index in [0.717, 1.165) is 0 Å². The van der Waals surface area contributed by atoms with Crippen molar-refractivity contribution in [1.29, 1.82) is 0 Å². The molecule has 0 radical (unpaired) electrons. The molecule has 2 N–H and O–H groups in total. The van der Waals surface area contributed by atoms with Gasteiger partial charge in [0.15, 0.2) is 0 Å². The molecule has 5 nitrogen and oxygen atoms in total. The fourth-order valence-electron chi connectivity index (χ4n) is 2.27. The van der Waals surface area contributed by atoms with E-state index in [1.165, 1.54) is 28.6 Å². The third kappa shape index (κ3) is 3.26. The largest absolute Gasteiger partial charge is 0.508 e. The van der Waals surface area contributed by atoms with E-state index in [9.17, 15) is 18.6 Å². The van der Waals surface area contributed by atoms with Crippen molar-refractivity contribution < 1.29 is 18.6 Å². The fourth-order valence-corrected chi connectivity index (χ4v) is 3.79. The third-order valence-electron chi connectivity index (χ3n) is 3.48. The zero-order chi connectivity index (χ0) is 14.1. The van der Waals surface area contributed by atoms with Gasteiger partial charge in [-0.25, -0.2) is 8.42 Å². The predicted molar refractivity (Wildman–Crippen MR) is 71.3 cm³/mol. The summed E-state index contributed by atoms with van der Waals surface area (Å²) in [6.07, 6.45) is 1.65. The number of phenols is 1. The highest BCUT2D eigenvalue weighted by atomic mass is 32.2. The number of hydrogen-bond acceptors (Lipinski definition) is 4. The molecular formula is C13H19NO4S. The van der Waals surface area contributed by atoms with E-state index in [-0.39, 0.29) is 10.6 Å². The molecule has 1 heterocycles. The van der Waals surface area contributed by atoms with Crippen molar-refractivity contribution in [2.75, 3.05) is 13.1 Å². The smallest absolute Gasteiger partial charge is 0.243 e. The molecule has 1 fully saturated rings. The molecule has 6 heteroatoms. The van der Waals surface area contributed by atoms with Gasteiger partial charge in [-0.15, -0.1) is 0 Å². The van der Waals surface area contributed by atoms with E-state index in [2.05, 4.69) is 0 Å². The van der Waals surface area contributed by atoms with Gasteiger partial charge in [0, 0.05) is 13.1 Å². The van der Waals surface area contributed by atoms with Crippen LogP contribution in [0.25, 0.3) is 0 Å². The molecule has 0 bridgehead atoms. The number of benzene rings is 1. The van der Waals surface area contributed by atoms with Gasteiger partial charge in [-0.3, -0.25) is 0 Å². The Hall–Kier alpha value is -1.11. The first-order chi connectivity index (χ1) is 8.81. The quantitative estimate of drug-likeness (QED) is 0.859. The van der Waals surface area contributed by atoms with Crippen LogP contribution in [-0.4, -0.2) is 41.6 Å². The summed E-state index contributed by atoms with van der Waals surface area (Å²) in [7, 11) is -3.60. The number of nitrogens with zero attached hydrogens (tertiary/aromatic N) is 1. The van der Waals surface area contributed by atoms with Gasteiger partial charge in [-0.1, -0.05) is 6.07 Å². The molecule has 1 atom stereocenters. The lowest BCUT2D eigenvalue weighted by atomic mass is 9.98. The van der Waals surface area contributed by atoms with E-state index < -0.39 is 15.6 Å². The molecule has 0 saturated carbocycles. The lowest BCUT2D eigenvalue weighted by molar-refractivity contribution is 0.0465. The summed E-state index contributed by atoms with van der Waals surface area (Å²) >= 11 is 0. The highest BCUT2D eigenvalue weighted by Crippen LogP contribution is 2.26. The molecule has 0 aliphatic carbocycles. The molecule has 106 valence electrons. The lowest BCUT2D eigenvalue weighted by Crippen LogP contribution is -2.33. The van der Waals surface area contributed by atoms with Gasteiger partial charge in [0.2, 0.25) is 10.0 Å². The van der Waals surface area contributed by atoms with Gasteiger partial charge in [0.25, 0.3) is 0 Å². The third-order valence-corrected chi connectivity index (χ3v) is 5.37. The van der Waals surface area contributed by atoms with Gasteiger partial charge in [-0.05, 0) is 44.4 Å². The molecule has 1 aliphatic rings. The summed E-state index contributed by atoms with van der Waals surface area (Å²) in [6, 6.07) is 5.67. The lowest BCUT2D eigenvalue weighted by Gasteiger charge is -2.22. The predicted octanol–water partition coefficient (Wildman–Crippen LogP) is 1.32. The standard InChI is InChI=1S/C13H19NO4S/c1-13(16)6-3-8-14(9-7-13)19(17,18)12-5-2-4-11(15)10-12/h2,4-5,10,15-16H,3,6-9H2,1H3. The molecule has 1 unspecified atom stereocenters. The number of sulfonamides is 1. The van der Waals surface area contributed by atoms with Crippen LogP contribution in [0, 0.1) is 0 Å². The van der Waals surface area contributed by atoms with Gasteiger partial charge in [0.1, 0.15) is 5.75 Å². The van der Waals surface area contributed by atoms with E-state index in [1.54, 1.807) is 6.92 Å². The van der Waals surface area contributed by atoms with Gasteiger partial charge in [-0.2, -0.15) is 4.31 Å². The second kappa shape index (κ2) is 5.11. The van der Waals surface area contributed by atoms with Crippen molar-refractivity contribution in [3.63, 3.8) is 0 Å². The van der Waals surface area contributed by atoms with Crippen LogP contribution in [0.3, 0.4) is 0 Å². The van der Waals surface area contributed by atoms with Crippen LogP contribution in [0.5, 0.6) is 5.75 Å². The molecule has 1 saturated heterocycles. The topological polar surface area (TPSA) is 77.8 Å². The van der Waals surface area contributed by atoms with Gasteiger partial charge in [0.05, 0.1) is 10.5 Å². The molecule has 2 rings (SSSR count). The Kier molecular flexibility index (Phi) is 3.85. The van der Waals surface area contributed by atoms with Crippen molar-refractivity contribution >= 4 is 10.0 Å². The maximum absolute atomic E-state index is 12.4. The second-order valence-corrected chi connectivity index (χ2v) is 7.19. The summed E-state index contributed by atoms with van der Waals surface area (Å²) in [6.45, 7) is 2.43. The molecule has 19 heavy (non-hydrogen) atoms. The molecule has 0 aromatic heterocycles. The van der Waals surface area contributed by atoms with E-state index in [4.69, 9.17) is 0 Å². The first-order valence-electron chi connectivity index (χ1n) is 6.33. The van der Waals surface area contributed by atoms with Crippen LogP contribution >= 0.6 is 0 Å². The second-order valence-electron chi connectivity index (χ2n) is 5.25. The Morgan fingerprint density at radius 3 is 2.68 bits per heavy atom. The highest BCUT2D eigenvalue weighted by Gasteiger charge is 2.31. The summed E-state index contributed by atoms with van der Waals surface area (Å²) in [5.41, 5.74) is -0.802. The summed E-state index contributed by atoms with van der Waals surface area (Å²) in [5.74, 6) is -0.0668. The van der Waals surface area contributed by atoms with Gasteiger partial charge >= 0.3 is 0 Å². The van der Waals surface area contributed by atoms with Crippen LogP contribution in [0.2, 0.25) is 0 Å². The highest BCUT2D eigenvalue weighted by molar-refractivity contribution is 7.89. The fraction of sp³-hybridized carbons (Fsp3) is 0.538. The van der Waals surface area contributed by atoms with Crippen molar-refractivity contribution in [3.8, 4) is 5.75 Å². The maximum Gasteiger partial charge on any atom is 0.243 e. The molecule has 0 spiro atoms. The maximum atomic E-state index is 12.4. The molecule has 1 aromatic carbocycles. The monoisotopic (exact) mass is 285 g/mol. The first-order valence-corrected chi connectivity index (χ1v) is 7.77.